The van der Waals surface area contributed by atoms with Crippen molar-refractivity contribution in [2.45, 2.75) is 49.4 Å². The van der Waals surface area contributed by atoms with Crippen LogP contribution < -0.4 is 17.0 Å². The number of nitrogen functional groups attached to an aromatic ring is 2. The summed E-state index contributed by atoms with van der Waals surface area (Å²) in [5.41, 5.74) is 11.8. The molecule has 0 spiro atoms. The van der Waals surface area contributed by atoms with Gasteiger partial charge in [0.05, 0.1) is 32.5 Å². The Morgan fingerprint density at radius 3 is 2.60 bits per heavy atom. The van der Waals surface area contributed by atoms with Gasteiger partial charge >= 0.3 is 15.8 Å². The zero-order chi connectivity index (χ0) is 31.7. The molecule has 7 N–H and O–H groups in total. The molecule has 2 bridgehead atoms. The second-order valence-electron chi connectivity index (χ2n) is 10.5. The zero-order valence-electron chi connectivity index (χ0n) is 23.6. The second kappa shape index (κ2) is 11.2. The van der Waals surface area contributed by atoms with Gasteiger partial charge in [0.2, 0.25) is 5.95 Å². The minimum atomic E-state index is -4.82. The van der Waals surface area contributed by atoms with Crippen LogP contribution in [0.25, 0.3) is 22.3 Å². The van der Waals surface area contributed by atoms with E-state index >= 15 is 0 Å². The minimum absolute atomic E-state index is 0.0202. The predicted molar refractivity (Wildman–Crippen MR) is 152 cm³/mol. The lowest BCUT2D eigenvalue weighted by Gasteiger charge is -2.26. The van der Waals surface area contributed by atoms with Crippen LogP contribution in [0.1, 0.15) is 18.9 Å². The second-order valence-corrected chi connectivity index (χ2v) is 14.3. The van der Waals surface area contributed by atoms with Crippen molar-refractivity contribution in [3.05, 3.63) is 29.3 Å². The van der Waals surface area contributed by atoms with Crippen LogP contribution in [0.5, 0.6) is 0 Å². The van der Waals surface area contributed by atoms with Gasteiger partial charge in [-0.3, -0.25) is 28.0 Å². The number of H-pyrrole nitrogens is 1. The van der Waals surface area contributed by atoms with E-state index in [1.54, 1.807) is 6.66 Å². The molecule has 0 saturated carbocycles. The molecule has 0 aromatic carbocycles. The number of rotatable bonds is 3. The van der Waals surface area contributed by atoms with E-state index in [-0.39, 0.29) is 47.1 Å². The van der Waals surface area contributed by atoms with Crippen molar-refractivity contribution < 1.29 is 46.7 Å². The van der Waals surface area contributed by atoms with Crippen molar-refractivity contribution in [3.63, 3.8) is 0 Å². The molecular formula is C22H29N10O11P2+. The highest BCUT2D eigenvalue weighted by molar-refractivity contribution is 7.60. The first-order valence-corrected chi connectivity index (χ1v) is 17.0. The third-order valence-corrected chi connectivity index (χ3v) is 10.6. The van der Waals surface area contributed by atoms with Gasteiger partial charge in [0, 0.05) is 6.42 Å². The summed E-state index contributed by atoms with van der Waals surface area (Å²) >= 11 is 0. The summed E-state index contributed by atoms with van der Waals surface area (Å²) in [7, 11) is -6.60. The number of phosphoric ester groups is 1. The van der Waals surface area contributed by atoms with Crippen molar-refractivity contribution in [2.24, 2.45) is 0 Å². The van der Waals surface area contributed by atoms with Crippen molar-refractivity contribution in [1.82, 2.24) is 39.0 Å². The summed E-state index contributed by atoms with van der Waals surface area (Å²) in [5.74, 6) is -0.0155. The van der Waals surface area contributed by atoms with Crippen LogP contribution in [-0.2, 0) is 36.7 Å². The molecule has 4 aromatic rings. The lowest BCUT2D eigenvalue weighted by molar-refractivity contribution is -0.0656. The first-order chi connectivity index (χ1) is 21.4. The quantitative estimate of drug-likeness (QED) is 0.174. The molecule has 242 valence electrons. The Bertz CT molecular complexity index is 1860. The maximum atomic E-state index is 13.2. The average molecular weight is 671 g/mol. The van der Waals surface area contributed by atoms with Crippen LogP contribution in [0.15, 0.2) is 23.8 Å². The maximum absolute atomic E-state index is 13.2. The third kappa shape index (κ3) is 5.49. The van der Waals surface area contributed by atoms with E-state index in [0.717, 1.165) is 0 Å². The Morgan fingerprint density at radius 2 is 1.82 bits per heavy atom. The Hall–Kier alpha value is -3.20. The summed E-state index contributed by atoms with van der Waals surface area (Å²) in [4.78, 5) is 46.1. The standard InChI is InChI=1S/C22H28N10O11P2/c1-37-44(2)38-5-11-15(14(33)21(41-11)31-7-27-12-16(23)25-6-26-17(12)31)43-45(35,36)39-4-9-3-10(42-44)20(40-9)32-8-28-13-18(32)29-22(24)30-19(13)34/h6-11,14-15,20-21,33H,3-5H2,1-2H3,(H5-,23,24,25,26,29,30,34,35,36)/p+1. The largest absolute Gasteiger partial charge is 0.472 e. The molecule has 3 aliphatic rings. The van der Waals surface area contributed by atoms with E-state index < -0.39 is 70.9 Å². The number of fused-ring (bicyclic) bond motifs is 5. The van der Waals surface area contributed by atoms with Crippen LogP contribution in [0.3, 0.4) is 0 Å². The van der Waals surface area contributed by atoms with Crippen molar-refractivity contribution in [1.29, 1.82) is 0 Å². The number of hydrogen-bond acceptors (Lipinski definition) is 17. The van der Waals surface area contributed by atoms with Crippen molar-refractivity contribution >= 4 is 49.9 Å². The number of ether oxygens (including phenoxy) is 2. The van der Waals surface area contributed by atoms with E-state index in [1.807, 2.05) is 0 Å². The van der Waals surface area contributed by atoms with Crippen LogP contribution >= 0.6 is 15.8 Å². The number of aliphatic hydroxyl groups excluding tert-OH is 1. The third-order valence-electron chi connectivity index (χ3n) is 7.65. The number of hydrogen-bond donors (Lipinski definition) is 5. The maximum Gasteiger partial charge on any atom is 0.472 e. The minimum Gasteiger partial charge on any atom is -0.386 e. The summed E-state index contributed by atoms with van der Waals surface area (Å²) in [5, 5.41) is 11.3. The molecule has 0 amide bonds. The number of imidazole rings is 2. The smallest absolute Gasteiger partial charge is 0.386 e. The molecule has 21 nitrogen and oxygen atoms in total. The molecular weight excluding hydrogens is 642 g/mol. The lowest BCUT2D eigenvalue weighted by Crippen LogP contribution is -2.36. The fraction of sp³-hybridized carbons (Fsp3) is 0.545. The molecule has 9 atom stereocenters. The van der Waals surface area contributed by atoms with E-state index in [2.05, 4.69) is 29.9 Å². The summed E-state index contributed by atoms with van der Waals surface area (Å²) in [6.07, 6.45) is -3.68. The molecule has 45 heavy (non-hydrogen) atoms. The molecule has 0 radical (unpaired) electrons. The average Bonchev–Trinajstić information content (AvgIpc) is 3.76. The molecule has 23 heteroatoms. The van der Waals surface area contributed by atoms with Crippen LogP contribution in [0.4, 0.5) is 11.8 Å². The van der Waals surface area contributed by atoms with Gasteiger partial charge in [-0.05, 0) is 0 Å². The molecule has 3 aliphatic heterocycles. The number of phosphoric acid groups is 1. The first-order valence-electron chi connectivity index (χ1n) is 13.5. The Morgan fingerprint density at radius 1 is 1.07 bits per heavy atom. The number of nitrogens with one attached hydrogen (secondary N) is 1. The summed E-state index contributed by atoms with van der Waals surface area (Å²) in [6.45, 7) is 0.901. The number of nitrogens with two attached hydrogens (primary N) is 2. The van der Waals surface area contributed by atoms with Crippen LogP contribution in [0, 0.1) is 0 Å². The van der Waals surface area contributed by atoms with Gasteiger partial charge in [0.25, 0.3) is 5.56 Å². The van der Waals surface area contributed by atoms with Crippen molar-refractivity contribution in [2.75, 3.05) is 38.5 Å². The number of nitrogens with zero attached hydrogens (tertiary/aromatic N) is 7. The molecule has 0 aliphatic carbocycles. The predicted octanol–water partition coefficient (Wildman–Crippen LogP) is -0.374. The first kappa shape index (κ1) is 30.5. The number of anilines is 2. The van der Waals surface area contributed by atoms with E-state index in [0.29, 0.717) is 0 Å². The van der Waals surface area contributed by atoms with Gasteiger partial charge in [0.15, 0.2) is 41.2 Å². The fourth-order valence-corrected chi connectivity index (χ4v) is 7.84. The van der Waals surface area contributed by atoms with E-state index in [1.165, 1.54) is 35.2 Å². The van der Waals surface area contributed by atoms with Gasteiger partial charge in [-0.15, -0.1) is 0 Å². The molecule has 9 unspecified atom stereocenters. The Kier molecular flexibility index (Phi) is 7.61. The molecule has 7 heterocycles. The molecule has 4 aromatic heterocycles. The number of aromatic nitrogens is 8. The molecule has 7 rings (SSSR count). The van der Waals surface area contributed by atoms with Gasteiger partial charge < -0.3 is 30.9 Å². The topological polar surface area (TPSA) is 281 Å². The van der Waals surface area contributed by atoms with E-state index in [4.69, 9.17) is 43.6 Å². The molecule has 3 fully saturated rings. The number of aromatic amines is 1. The monoisotopic (exact) mass is 671 g/mol. The summed E-state index contributed by atoms with van der Waals surface area (Å²) in [6, 6.07) is 0. The van der Waals surface area contributed by atoms with Gasteiger partial charge in [0.1, 0.15) is 43.4 Å². The highest BCUT2D eigenvalue weighted by atomic mass is 31.2. The number of aliphatic hydroxyl groups is 1. The zero-order valence-corrected chi connectivity index (χ0v) is 25.4. The molecule has 3 saturated heterocycles. The van der Waals surface area contributed by atoms with Crippen molar-refractivity contribution in [3.8, 4) is 0 Å². The van der Waals surface area contributed by atoms with Gasteiger partial charge in [-0.2, -0.15) is 18.6 Å². The highest BCUT2D eigenvalue weighted by Crippen LogP contribution is 2.62. The fourth-order valence-electron chi connectivity index (χ4n) is 5.50. The van der Waals surface area contributed by atoms with Gasteiger partial charge in [-0.25, -0.2) is 24.5 Å². The SMILES string of the molecule is CO[P+]1(C)OCC2OC(n3cnc4c(N)ncnc43)C(O)C2OP(=O)(O)OCC2CC(O1)C(n1cnc3c(=O)[nH]c(N)nc31)O2. The summed E-state index contributed by atoms with van der Waals surface area (Å²) < 4.78 is 57.3. The normalized spacial score (nSPS) is 36.0. The van der Waals surface area contributed by atoms with E-state index in [9.17, 15) is 19.4 Å². The Balaban J connectivity index is 1.20. The van der Waals surface area contributed by atoms with Crippen LogP contribution in [-0.4, -0.2) is 107 Å². The van der Waals surface area contributed by atoms with Crippen LogP contribution in [0.2, 0.25) is 0 Å². The highest BCUT2D eigenvalue weighted by Gasteiger charge is 2.54. The van der Waals surface area contributed by atoms with Gasteiger partial charge in [-0.1, -0.05) is 0 Å². The lowest BCUT2D eigenvalue weighted by atomic mass is 10.1. The Labute approximate surface area is 252 Å².